The molecule has 184 valence electrons. The molecule has 0 fully saturated rings. The van der Waals surface area contributed by atoms with E-state index in [4.69, 9.17) is 15.5 Å². The second kappa shape index (κ2) is 12.1. The molecule has 11 heteroatoms. The van der Waals surface area contributed by atoms with E-state index in [-0.39, 0.29) is 5.97 Å². The van der Waals surface area contributed by atoms with Crippen molar-refractivity contribution in [1.29, 1.82) is 0 Å². The Labute approximate surface area is 223 Å². The van der Waals surface area contributed by atoms with Gasteiger partial charge in [-0.15, -0.1) is 0 Å². The first-order valence-electron chi connectivity index (χ1n) is 11.4. The lowest BCUT2D eigenvalue weighted by Crippen LogP contribution is -2.04. The largest absolute Gasteiger partial charge is 0.462 e. The average Bonchev–Trinajstić information content (AvgIpc) is 3.34. The molecule has 0 aliphatic rings. The number of hydrogen-bond acceptors (Lipinski definition) is 8. The number of hydrogen-bond donors (Lipinski definition) is 1. The molecule has 3 heterocycles. The van der Waals surface area contributed by atoms with E-state index in [0.717, 1.165) is 46.5 Å². The summed E-state index contributed by atoms with van der Waals surface area (Å²) >= 11 is 2.26. The summed E-state index contributed by atoms with van der Waals surface area (Å²) in [4.78, 5) is 33.2. The molecule has 0 radical (unpaired) electrons. The summed E-state index contributed by atoms with van der Waals surface area (Å²) in [6.07, 6.45) is 5.60. The van der Waals surface area contributed by atoms with Crippen LogP contribution in [0, 0.1) is 0 Å². The van der Waals surface area contributed by atoms with Crippen LogP contribution in [-0.4, -0.2) is 41.8 Å². The molecule has 36 heavy (non-hydrogen) atoms. The van der Waals surface area contributed by atoms with E-state index in [1.807, 2.05) is 40.7 Å². The maximum Gasteiger partial charge on any atom is 0.338 e. The molecule has 9 nitrogen and oxygen atoms in total. The number of nitrogens with zero attached hydrogens (tertiary/aromatic N) is 6. The number of para-hydroxylation sites is 1. The second-order valence-electron chi connectivity index (χ2n) is 7.68. The molecule has 1 atom stereocenters. The number of ether oxygens (including phenoxy) is 1. The number of benzene rings is 2. The first-order valence-corrected chi connectivity index (χ1v) is 15.4. The minimum atomic E-state index is -0.303. The number of carbonyl (C=O) groups excluding carboxylic acids is 1. The quantitative estimate of drug-likeness (QED) is 0.149. The lowest BCUT2D eigenvalue weighted by molar-refractivity contribution is 0.0526. The van der Waals surface area contributed by atoms with Gasteiger partial charge in [0.05, 0.1) is 29.8 Å². The zero-order chi connectivity index (χ0) is 25.5. The Morgan fingerprint density at radius 2 is 1.83 bits per heavy atom. The maximum atomic E-state index is 11.8. The normalized spacial score (nSPS) is 11.1. The van der Waals surface area contributed by atoms with Crippen LogP contribution in [0.2, 0.25) is 0 Å². The van der Waals surface area contributed by atoms with E-state index in [0.29, 0.717) is 29.9 Å². The van der Waals surface area contributed by atoms with Gasteiger partial charge in [-0.25, -0.2) is 29.7 Å². The van der Waals surface area contributed by atoms with Crippen molar-refractivity contribution in [3.8, 4) is 11.3 Å². The van der Waals surface area contributed by atoms with Crippen LogP contribution in [0.4, 0.5) is 5.82 Å². The minimum Gasteiger partial charge on any atom is -0.462 e. The Morgan fingerprint density at radius 1 is 1.06 bits per heavy atom. The second-order valence-corrected chi connectivity index (χ2v) is 9.78. The summed E-state index contributed by atoms with van der Waals surface area (Å²) in [7, 11) is 0. The highest BCUT2D eigenvalue weighted by Crippen LogP contribution is 2.28. The number of carbonyl (C=O) groups is 1. The van der Waals surface area contributed by atoms with E-state index >= 15 is 0 Å². The van der Waals surface area contributed by atoms with Crippen molar-refractivity contribution in [2.45, 2.75) is 26.7 Å². The molecule has 0 aliphatic heterocycles. The number of rotatable bonds is 6. The van der Waals surface area contributed by atoms with Crippen molar-refractivity contribution in [3.05, 3.63) is 72.6 Å². The van der Waals surface area contributed by atoms with Gasteiger partial charge in [0.15, 0.2) is 17.0 Å². The van der Waals surface area contributed by atoms with Gasteiger partial charge in [0.25, 0.3) is 0 Å². The maximum absolute atomic E-state index is 11.8. The first kappa shape index (κ1) is 25.8. The minimum absolute atomic E-state index is 0.303. The molecule has 2 aromatic carbocycles. The molecule has 0 aliphatic carbocycles. The molecular formula is C25H25IN7O2P. The van der Waals surface area contributed by atoms with Crippen molar-refractivity contribution >= 4 is 62.3 Å². The van der Waals surface area contributed by atoms with Gasteiger partial charge in [0.1, 0.15) is 18.5 Å². The number of aryl methyl sites for hydroxylation is 1. The molecule has 0 amide bonds. The number of esters is 1. The number of imidazole rings is 1. The van der Waals surface area contributed by atoms with Crippen LogP contribution in [0.1, 0.15) is 36.5 Å². The molecule has 2 N–H and O–H groups in total. The van der Waals surface area contributed by atoms with Gasteiger partial charge >= 0.3 is 5.97 Å². The fourth-order valence-corrected chi connectivity index (χ4v) is 4.98. The number of nitrogens with two attached hydrogens (primary N) is 1. The summed E-state index contributed by atoms with van der Waals surface area (Å²) in [5.41, 5.74) is 10.4. The highest BCUT2D eigenvalue weighted by Gasteiger charge is 2.11. The van der Waals surface area contributed by atoms with E-state index in [1.165, 1.54) is 6.33 Å². The third-order valence-corrected chi connectivity index (χ3v) is 7.31. The summed E-state index contributed by atoms with van der Waals surface area (Å²) in [6.45, 7) is 4.29. The molecule has 0 bridgehead atoms. The predicted octanol–water partition coefficient (Wildman–Crippen LogP) is 5.63. The lowest BCUT2D eigenvalue weighted by atomic mass is 10.0. The van der Waals surface area contributed by atoms with E-state index in [2.05, 4.69) is 48.9 Å². The summed E-state index contributed by atoms with van der Waals surface area (Å²) < 4.78 is 6.97. The zero-order valence-corrected chi connectivity index (χ0v) is 23.0. The van der Waals surface area contributed by atoms with Gasteiger partial charge in [-0.3, -0.25) is 4.34 Å². The van der Waals surface area contributed by atoms with Gasteiger partial charge in [-0.05, 0) is 53.6 Å². The SMILES string of the molecule is CCCc1nc(-c2ccc(C(=O)OCC)cc2)c2ccccc2n1.Nc1ncnc2c1ncn2PI. The molecular weight excluding hydrogens is 588 g/mol. The Balaban J connectivity index is 0.000000211. The third kappa shape index (κ3) is 5.76. The molecule has 5 aromatic rings. The predicted molar refractivity (Wildman–Crippen MR) is 152 cm³/mol. The molecule has 5 rings (SSSR count). The van der Waals surface area contributed by atoms with Crippen LogP contribution < -0.4 is 5.73 Å². The fraction of sp³-hybridized carbons (Fsp3) is 0.200. The number of aromatic nitrogens is 6. The van der Waals surface area contributed by atoms with Crippen LogP contribution in [0.3, 0.4) is 0 Å². The number of fused-ring (bicyclic) bond motifs is 2. The van der Waals surface area contributed by atoms with Crippen molar-refractivity contribution in [2.75, 3.05) is 12.3 Å². The van der Waals surface area contributed by atoms with Crippen LogP contribution in [0.25, 0.3) is 33.3 Å². The fourth-order valence-electron chi connectivity index (χ4n) is 3.57. The van der Waals surface area contributed by atoms with E-state index in [9.17, 15) is 4.79 Å². The average molecular weight is 613 g/mol. The zero-order valence-electron chi connectivity index (χ0n) is 19.8. The van der Waals surface area contributed by atoms with E-state index in [1.54, 1.807) is 25.4 Å². The Hall–Kier alpha value is -3.24. The molecule has 0 saturated heterocycles. The summed E-state index contributed by atoms with van der Waals surface area (Å²) in [5, 5.41) is 1.02. The van der Waals surface area contributed by atoms with Crippen molar-refractivity contribution in [2.24, 2.45) is 0 Å². The monoisotopic (exact) mass is 613 g/mol. The van der Waals surface area contributed by atoms with Crippen LogP contribution in [-0.2, 0) is 11.2 Å². The van der Waals surface area contributed by atoms with Gasteiger partial charge in [0.2, 0.25) is 0 Å². The first-order chi connectivity index (χ1) is 17.5. The highest BCUT2D eigenvalue weighted by atomic mass is 127. The number of halogens is 1. The van der Waals surface area contributed by atoms with Crippen LogP contribution in [0.5, 0.6) is 0 Å². The summed E-state index contributed by atoms with van der Waals surface area (Å²) in [6, 6.07) is 15.4. The van der Waals surface area contributed by atoms with Gasteiger partial charge in [0, 0.05) is 17.4 Å². The molecule has 0 spiro atoms. The van der Waals surface area contributed by atoms with Gasteiger partial charge < -0.3 is 10.5 Å². The Morgan fingerprint density at radius 3 is 2.56 bits per heavy atom. The smallest absolute Gasteiger partial charge is 0.338 e. The molecule has 3 aromatic heterocycles. The van der Waals surface area contributed by atoms with Crippen molar-refractivity contribution in [3.63, 3.8) is 0 Å². The van der Waals surface area contributed by atoms with Crippen LogP contribution >= 0.6 is 28.4 Å². The van der Waals surface area contributed by atoms with Gasteiger partial charge in [-0.2, -0.15) is 0 Å². The standard InChI is InChI=1S/C20H20N2O2.C5H5IN5P/c1-3-7-18-21-17-9-6-5-8-16(17)19(22-18)14-10-12-15(13-11-14)20(23)24-4-2;6-12-11-2-10-3-4(7)8-1-9-5(3)11/h5-6,8-13H,3-4,7H2,1-2H3;1-2,12H,(H2,7,8,9). The number of nitrogen functional groups attached to an aromatic ring is 1. The Bertz CT molecular complexity index is 1490. The molecule has 1 unspecified atom stereocenters. The topological polar surface area (TPSA) is 122 Å². The number of anilines is 1. The van der Waals surface area contributed by atoms with E-state index < -0.39 is 0 Å². The van der Waals surface area contributed by atoms with Crippen LogP contribution in [0.15, 0.2) is 61.2 Å². The summed E-state index contributed by atoms with van der Waals surface area (Å²) in [5.74, 6) is 0.984. The van der Waals surface area contributed by atoms with Gasteiger partial charge in [-0.1, -0.05) is 37.3 Å². The third-order valence-electron chi connectivity index (χ3n) is 5.25. The van der Waals surface area contributed by atoms with Crippen molar-refractivity contribution in [1.82, 2.24) is 29.3 Å². The Kier molecular flexibility index (Phi) is 8.71. The molecule has 0 saturated carbocycles. The lowest BCUT2D eigenvalue weighted by Gasteiger charge is -2.09. The van der Waals surface area contributed by atoms with Crippen molar-refractivity contribution < 1.29 is 9.53 Å². The highest BCUT2D eigenvalue weighted by molar-refractivity contribution is 14.2.